The number of rotatable bonds is 10. The van der Waals surface area contributed by atoms with Gasteiger partial charge in [-0.2, -0.15) is 8.42 Å². The largest absolute Gasteiger partial charge is 0.480 e. The zero-order valence-corrected chi connectivity index (χ0v) is 21.3. The molecule has 0 aliphatic carbocycles. The Morgan fingerprint density at radius 1 is 1.15 bits per heavy atom. The number of likely N-dealkylation sites (tertiary alicyclic amines) is 1. The summed E-state index contributed by atoms with van der Waals surface area (Å²) in [5.41, 5.74) is 6.10. The zero-order valence-electron chi connectivity index (χ0n) is 20.5. The number of nitrogen functional groups attached to an aromatic ring is 1. The molecule has 0 radical (unpaired) electrons. The van der Waals surface area contributed by atoms with Crippen LogP contribution in [0, 0.1) is 5.41 Å². The van der Waals surface area contributed by atoms with E-state index in [9.17, 15) is 27.9 Å². The van der Waals surface area contributed by atoms with Crippen molar-refractivity contribution < 1.29 is 41.6 Å². The lowest BCUT2D eigenvalue weighted by molar-refractivity contribution is -0.142. The third-order valence-electron chi connectivity index (χ3n) is 6.21. The number of hydrogen-bond donors (Lipinski definition) is 5. The molecule has 0 bridgehead atoms. The third-order valence-corrected chi connectivity index (χ3v) is 6.97. The molecule has 2 heterocycles. The van der Waals surface area contributed by atoms with Crippen molar-refractivity contribution in [1.29, 1.82) is 5.41 Å². The SMILES string of the molecule is N=C(N)c1ccc2cc(OC(=O)c3ccc(CN4CCCC4C(=O)N[C@@H](CS(=O)(=O)O)C(=O)O)o3)ccc2c1. The number of aliphatic carboxylic acids is 1. The van der Waals surface area contributed by atoms with Gasteiger partial charge in [0.25, 0.3) is 10.1 Å². The normalized spacial score (nSPS) is 16.6. The first-order valence-electron chi connectivity index (χ1n) is 11.8. The maximum Gasteiger partial charge on any atom is 0.379 e. The van der Waals surface area contributed by atoms with E-state index in [0.717, 1.165) is 10.8 Å². The standard InChI is InChI=1S/C25H26N4O9S/c26-22(27)16-4-3-15-11-17(6-5-14(15)10-16)38-25(33)21-8-7-18(37-21)12-29-9-1-2-20(29)23(30)28-19(24(31)32)13-39(34,35)36/h3-8,10-11,19-20H,1-2,9,12-13H2,(H3,26,27)(H,28,30)(H,31,32)(H,34,35,36)/t19-,20?/m0/s1. The van der Waals surface area contributed by atoms with Gasteiger partial charge in [0, 0.05) is 5.56 Å². The fourth-order valence-electron chi connectivity index (χ4n) is 4.35. The van der Waals surface area contributed by atoms with Crippen molar-refractivity contribution >= 4 is 44.6 Å². The predicted octanol–water partition coefficient (Wildman–Crippen LogP) is 1.36. The molecule has 1 unspecified atom stereocenters. The van der Waals surface area contributed by atoms with Crippen molar-refractivity contribution in [2.75, 3.05) is 12.3 Å². The van der Waals surface area contributed by atoms with Gasteiger partial charge in [0.1, 0.15) is 29.1 Å². The van der Waals surface area contributed by atoms with Crippen LogP contribution < -0.4 is 15.8 Å². The van der Waals surface area contributed by atoms with Gasteiger partial charge in [0.2, 0.25) is 11.7 Å². The summed E-state index contributed by atoms with van der Waals surface area (Å²) < 4.78 is 42.2. The third kappa shape index (κ3) is 6.98. The average Bonchev–Trinajstić information content (AvgIpc) is 3.52. The van der Waals surface area contributed by atoms with E-state index in [1.165, 1.54) is 6.07 Å². The second-order valence-corrected chi connectivity index (χ2v) is 10.6. The van der Waals surface area contributed by atoms with Gasteiger partial charge < -0.3 is 25.3 Å². The Kier molecular flexibility index (Phi) is 7.99. The van der Waals surface area contributed by atoms with Gasteiger partial charge in [-0.1, -0.05) is 18.2 Å². The molecule has 0 spiro atoms. The van der Waals surface area contributed by atoms with E-state index in [1.54, 1.807) is 47.4 Å². The Morgan fingerprint density at radius 3 is 2.56 bits per heavy atom. The number of esters is 1. The molecule has 4 rings (SSSR count). The second-order valence-electron chi connectivity index (χ2n) is 9.07. The highest BCUT2D eigenvalue weighted by Gasteiger charge is 2.35. The van der Waals surface area contributed by atoms with E-state index in [2.05, 4.69) is 5.32 Å². The number of carboxylic acids is 1. The van der Waals surface area contributed by atoms with Gasteiger partial charge in [-0.25, -0.2) is 9.59 Å². The van der Waals surface area contributed by atoms with Crippen molar-refractivity contribution in [3.63, 3.8) is 0 Å². The highest BCUT2D eigenvalue weighted by molar-refractivity contribution is 7.85. The van der Waals surface area contributed by atoms with Crippen molar-refractivity contribution in [1.82, 2.24) is 10.2 Å². The first kappa shape index (κ1) is 27.8. The Hall–Kier alpha value is -4.27. The van der Waals surface area contributed by atoms with E-state index >= 15 is 0 Å². The Morgan fingerprint density at radius 2 is 1.87 bits per heavy atom. The summed E-state index contributed by atoms with van der Waals surface area (Å²) in [4.78, 5) is 38.4. The van der Waals surface area contributed by atoms with Gasteiger partial charge in [-0.3, -0.25) is 19.7 Å². The number of amidine groups is 1. The number of benzene rings is 2. The molecule has 3 aromatic rings. The Bertz CT molecular complexity index is 1550. The topological polar surface area (TPSA) is 213 Å². The number of furan rings is 1. The predicted molar refractivity (Wildman–Crippen MR) is 138 cm³/mol. The molecule has 1 aliphatic heterocycles. The summed E-state index contributed by atoms with van der Waals surface area (Å²) in [5.74, 6) is -3.62. The quantitative estimate of drug-likeness (QED) is 0.0787. The van der Waals surface area contributed by atoms with Crippen LogP contribution in [0.15, 0.2) is 52.9 Å². The average molecular weight is 559 g/mol. The number of amides is 1. The van der Waals surface area contributed by atoms with E-state index in [0.29, 0.717) is 30.7 Å². The highest BCUT2D eigenvalue weighted by Crippen LogP contribution is 2.25. The maximum atomic E-state index is 12.7. The minimum Gasteiger partial charge on any atom is -0.480 e. The molecule has 2 aromatic carbocycles. The Labute approximate surface area is 222 Å². The maximum absolute atomic E-state index is 12.7. The van der Waals surface area contributed by atoms with E-state index < -0.39 is 45.8 Å². The summed E-state index contributed by atoms with van der Waals surface area (Å²) in [6, 6.07) is 10.7. The zero-order chi connectivity index (χ0) is 28.3. The van der Waals surface area contributed by atoms with Crippen LogP contribution in [-0.2, 0) is 26.3 Å². The van der Waals surface area contributed by atoms with Gasteiger partial charge in [0.15, 0.2) is 0 Å². The van der Waals surface area contributed by atoms with Gasteiger partial charge in [-0.05, 0) is 60.5 Å². The fraction of sp³-hybridized carbons (Fsp3) is 0.280. The number of carbonyl (C=O) groups excluding carboxylic acids is 2. The number of nitrogens with two attached hydrogens (primary N) is 1. The van der Waals surface area contributed by atoms with Gasteiger partial charge >= 0.3 is 11.9 Å². The molecule has 2 atom stereocenters. The van der Waals surface area contributed by atoms with Crippen LogP contribution >= 0.6 is 0 Å². The summed E-state index contributed by atoms with van der Waals surface area (Å²) in [6.45, 7) is 0.618. The fourth-order valence-corrected chi connectivity index (χ4v) is 5.00. The number of hydrogen-bond acceptors (Lipinski definition) is 9. The van der Waals surface area contributed by atoms with E-state index in [1.807, 2.05) is 0 Å². The molecule has 1 saturated heterocycles. The van der Waals surface area contributed by atoms with Crippen LogP contribution in [0.5, 0.6) is 5.75 Å². The number of fused-ring (bicyclic) bond motifs is 1. The van der Waals surface area contributed by atoms with Crippen molar-refractivity contribution in [3.8, 4) is 5.75 Å². The van der Waals surface area contributed by atoms with E-state index in [-0.39, 0.29) is 23.9 Å². The number of ether oxygens (including phenoxy) is 1. The lowest BCUT2D eigenvalue weighted by Gasteiger charge is -2.24. The molecule has 206 valence electrons. The molecule has 1 aromatic heterocycles. The number of carboxylic acid groups (broad SMARTS) is 1. The smallest absolute Gasteiger partial charge is 0.379 e. The monoisotopic (exact) mass is 558 g/mol. The highest BCUT2D eigenvalue weighted by atomic mass is 32.2. The Balaban J connectivity index is 1.39. The van der Waals surface area contributed by atoms with Crippen LogP contribution in [0.3, 0.4) is 0 Å². The van der Waals surface area contributed by atoms with Crippen LogP contribution in [0.1, 0.15) is 34.7 Å². The summed E-state index contributed by atoms with van der Waals surface area (Å²) in [5, 5.41) is 20.5. The molecule has 1 fully saturated rings. The molecule has 13 nitrogen and oxygen atoms in total. The molecular formula is C25H26N4O9S. The molecule has 1 amide bonds. The van der Waals surface area contributed by atoms with E-state index in [4.69, 9.17) is 24.8 Å². The van der Waals surface area contributed by atoms with Crippen LogP contribution in [0.2, 0.25) is 0 Å². The lowest BCUT2D eigenvalue weighted by atomic mass is 10.1. The molecule has 0 saturated carbocycles. The first-order valence-corrected chi connectivity index (χ1v) is 13.4. The van der Waals surface area contributed by atoms with Crippen molar-refractivity contribution in [2.45, 2.75) is 31.5 Å². The number of nitrogens with one attached hydrogen (secondary N) is 2. The molecule has 14 heteroatoms. The van der Waals surface area contributed by atoms with Crippen molar-refractivity contribution in [2.24, 2.45) is 5.73 Å². The van der Waals surface area contributed by atoms with Gasteiger partial charge in [0.05, 0.1) is 12.6 Å². The summed E-state index contributed by atoms with van der Waals surface area (Å²) in [7, 11) is -4.62. The lowest BCUT2D eigenvalue weighted by Crippen LogP contribution is -2.51. The van der Waals surface area contributed by atoms with Crippen LogP contribution in [-0.4, -0.2) is 71.0 Å². The van der Waals surface area contributed by atoms with Gasteiger partial charge in [-0.15, -0.1) is 0 Å². The van der Waals surface area contributed by atoms with Crippen LogP contribution in [0.4, 0.5) is 0 Å². The molecule has 1 aliphatic rings. The summed E-state index contributed by atoms with van der Waals surface area (Å²) >= 11 is 0. The molecule has 6 N–H and O–H groups in total. The number of nitrogens with zero attached hydrogens (tertiary/aromatic N) is 1. The van der Waals surface area contributed by atoms with Crippen molar-refractivity contribution in [3.05, 3.63) is 65.6 Å². The summed E-state index contributed by atoms with van der Waals surface area (Å²) in [6.07, 6.45) is 1.02. The van der Waals surface area contributed by atoms with Crippen LogP contribution in [0.25, 0.3) is 10.8 Å². The second kappa shape index (κ2) is 11.2. The first-order chi connectivity index (χ1) is 18.4. The minimum absolute atomic E-state index is 0.0523. The molecule has 39 heavy (non-hydrogen) atoms. The molecular weight excluding hydrogens is 532 g/mol. The number of carbonyl (C=O) groups is 3. The minimum atomic E-state index is -4.62.